The lowest BCUT2D eigenvalue weighted by atomic mass is 10.1. The maximum absolute atomic E-state index is 11.1. The van der Waals surface area contributed by atoms with Crippen LogP contribution in [0.4, 0.5) is 22.7 Å². The van der Waals surface area contributed by atoms with Crippen LogP contribution in [0.2, 0.25) is 0 Å². The Hall–Kier alpha value is -2.69. The summed E-state index contributed by atoms with van der Waals surface area (Å²) in [6.07, 6.45) is 0. The summed E-state index contributed by atoms with van der Waals surface area (Å²) >= 11 is 0. The molecule has 5 heteroatoms. The van der Waals surface area contributed by atoms with Gasteiger partial charge in [-0.15, -0.1) is 0 Å². The fourth-order valence-electron chi connectivity index (χ4n) is 1.62. The maximum atomic E-state index is 11.1. The lowest BCUT2D eigenvalue weighted by molar-refractivity contribution is 0.0698. The van der Waals surface area contributed by atoms with Crippen LogP contribution in [0.1, 0.15) is 10.4 Å². The number of anilines is 4. The van der Waals surface area contributed by atoms with Crippen molar-refractivity contribution in [3.8, 4) is 0 Å². The molecule has 2 rings (SSSR count). The van der Waals surface area contributed by atoms with Crippen LogP contribution < -0.4 is 16.8 Å². The zero-order chi connectivity index (χ0) is 13.1. The molecule has 0 aliphatic rings. The largest absolute Gasteiger partial charge is 0.478 e. The molecule has 0 saturated heterocycles. The number of nitrogen functional groups attached to an aromatic ring is 2. The van der Waals surface area contributed by atoms with E-state index in [9.17, 15) is 4.79 Å². The first-order valence-electron chi connectivity index (χ1n) is 5.32. The maximum Gasteiger partial charge on any atom is 0.337 e. The van der Waals surface area contributed by atoms with Crippen molar-refractivity contribution in [2.75, 3.05) is 16.8 Å². The molecule has 0 bridgehead atoms. The summed E-state index contributed by atoms with van der Waals surface area (Å²) < 4.78 is 0. The molecule has 0 amide bonds. The third kappa shape index (κ3) is 2.35. The number of para-hydroxylation sites is 1. The lowest BCUT2D eigenvalue weighted by Crippen LogP contribution is -2.04. The van der Waals surface area contributed by atoms with Gasteiger partial charge in [0, 0.05) is 5.69 Å². The Kier molecular flexibility index (Phi) is 3.05. The highest BCUT2D eigenvalue weighted by Crippen LogP contribution is 2.26. The van der Waals surface area contributed by atoms with Crippen LogP contribution in [-0.4, -0.2) is 11.1 Å². The second kappa shape index (κ2) is 4.67. The molecule has 0 fully saturated rings. The molecular formula is C13H13N3O2. The Labute approximate surface area is 104 Å². The highest BCUT2D eigenvalue weighted by molar-refractivity contribution is 5.95. The van der Waals surface area contributed by atoms with Crippen molar-refractivity contribution in [2.24, 2.45) is 0 Å². The summed E-state index contributed by atoms with van der Waals surface area (Å²) in [4.78, 5) is 11.1. The van der Waals surface area contributed by atoms with Gasteiger partial charge in [-0.05, 0) is 30.3 Å². The number of hydrogen-bond acceptors (Lipinski definition) is 4. The number of rotatable bonds is 3. The highest BCUT2D eigenvalue weighted by atomic mass is 16.4. The van der Waals surface area contributed by atoms with E-state index in [2.05, 4.69) is 5.32 Å². The number of carboxylic acids is 1. The minimum absolute atomic E-state index is 0.189. The smallest absolute Gasteiger partial charge is 0.337 e. The summed E-state index contributed by atoms with van der Waals surface area (Å²) in [5.41, 5.74) is 13.7. The van der Waals surface area contributed by atoms with Gasteiger partial charge in [0.15, 0.2) is 0 Å². The molecule has 0 aromatic heterocycles. The van der Waals surface area contributed by atoms with E-state index in [0.717, 1.165) is 0 Å². The average molecular weight is 243 g/mol. The Morgan fingerprint density at radius 3 is 2.44 bits per heavy atom. The van der Waals surface area contributed by atoms with Crippen LogP contribution in [0.25, 0.3) is 0 Å². The van der Waals surface area contributed by atoms with E-state index in [1.54, 1.807) is 36.4 Å². The van der Waals surface area contributed by atoms with Crippen molar-refractivity contribution in [3.05, 3.63) is 48.0 Å². The van der Waals surface area contributed by atoms with Crippen molar-refractivity contribution >= 4 is 28.7 Å². The molecule has 5 nitrogen and oxygen atoms in total. The van der Waals surface area contributed by atoms with Gasteiger partial charge in [-0.1, -0.05) is 12.1 Å². The Bertz CT molecular complexity index is 597. The van der Waals surface area contributed by atoms with Crippen LogP contribution in [0.15, 0.2) is 42.5 Å². The molecule has 0 aliphatic carbocycles. The Balaban J connectivity index is 2.37. The van der Waals surface area contributed by atoms with Gasteiger partial charge in [0.2, 0.25) is 0 Å². The molecule has 0 saturated carbocycles. The predicted octanol–water partition coefficient (Wildman–Crippen LogP) is 2.29. The number of nitrogens with one attached hydrogen (secondary N) is 1. The van der Waals surface area contributed by atoms with Gasteiger partial charge in [0.05, 0.1) is 22.6 Å². The number of carbonyl (C=O) groups is 1. The number of hydrogen-bond donors (Lipinski definition) is 4. The highest BCUT2D eigenvalue weighted by Gasteiger charge is 2.09. The quantitative estimate of drug-likeness (QED) is 0.619. The van der Waals surface area contributed by atoms with Crippen LogP contribution >= 0.6 is 0 Å². The lowest BCUT2D eigenvalue weighted by Gasteiger charge is -2.11. The first-order chi connectivity index (χ1) is 8.58. The van der Waals surface area contributed by atoms with Crippen molar-refractivity contribution in [2.45, 2.75) is 0 Å². The van der Waals surface area contributed by atoms with E-state index < -0.39 is 5.97 Å². The van der Waals surface area contributed by atoms with Gasteiger partial charge in [-0.25, -0.2) is 4.79 Å². The Morgan fingerprint density at radius 1 is 1.06 bits per heavy atom. The summed E-state index contributed by atoms with van der Waals surface area (Å²) in [5.74, 6) is -0.993. The predicted molar refractivity (Wildman–Crippen MR) is 72.0 cm³/mol. The SMILES string of the molecule is Nc1ccc(Nc2ccccc2C(=O)O)c(N)c1. The van der Waals surface area contributed by atoms with Gasteiger partial charge in [0.25, 0.3) is 0 Å². The van der Waals surface area contributed by atoms with E-state index in [1.807, 2.05) is 0 Å². The third-order valence-electron chi connectivity index (χ3n) is 2.50. The molecule has 2 aromatic rings. The summed E-state index contributed by atoms with van der Waals surface area (Å²) in [6, 6.07) is 11.7. The van der Waals surface area contributed by atoms with Gasteiger partial charge < -0.3 is 21.9 Å². The summed E-state index contributed by atoms with van der Waals surface area (Å²) in [5, 5.41) is 12.1. The fraction of sp³-hybridized carbons (Fsp3) is 0. The first kappa shape index (κ1) is 11.8. The number of carboxylic acid groups (broad SMARTS) is 1. The zero-order valence-corrected chi connectivity index (χ0v) is 9.55. The first-order valence-corrected chi connectivity index (χ1v) is 5.32. The molecule has 0 aliphatic heterocycles. The second-order valence-corrected chi connectivity index (χ2v) is 3.82. The molecule has 0 heterocycles. The van der Waals surface area contributed by atoms with E-state index in [1.165, 1.54) is 6.07 Å². The standard InChI is InChI=1S/C13H13N3O2/c14-8-5-6-12(10(15)7-8)16-11-4-2-1-3-9(11)13(17)18/h1-7,16H,14-15H2,(H,17,18). The van der Waals surface area contributed by atoms with E-state index >= 15 is 0 Å². The van der Waals surface area contributed by atoms with Gasteiger partial charge in [-0.2, -0.15) is 0 Å². The monoisotopic (exact) mass is 243 g/mol. The van der Waals surface area contributed by atoms with E-state index in [0.29, 0.717) is 22.7 Å². The van der Waals surface area contributed by atoms with Gasteiger partial charge in [0.1, 0.15) is 0 Å². The normalized spacial score (nSPS) is 10.0. The van der Waals surface area contributed by atoms with Crippen LogP contribution in [0.3, 0.4) is 0 Å². The zero-order valence-electron chi connectivity index (χ0n) is 9.55. The molecule has 18 heavy (non-hydrogen) atoms. The molecule has 0 unspecified atom stereocenters. The minimum atomic E-state index is -0.993. The number of aromatic carboxylic acids is 1. The molecule has 0 atom stereocenters. The number of benzene rings is 2. The third-order valence-corrected chi connectivity index (χ3v) is 2.50. The minimum Gasteiger partial charge on any atom is -0.478 e. The fourth-order valence-corrected chi connectivity index (χ4v) is 1.62. The summed E-state index contributed by atoms with van der Waals surface area (Å²) in [7, 11) is 0. The summed E-state index contributed by atoms with van der Waals surface area (Å²) in [6.45, 7) is 0. The van der Waals surface area contributed by atoms with Crippen molar-refractivity contribution in [1.29, 1.82) is 0 Å². The molecule has 2 aromatic carbocycles. The average Bonchev–Trinajstić information content (AvgIpc) is 2.33. The number of nitrogens with two attached hydrogens (primary N) is 2. The van der Waals surface area contributed by atoms with Crippen molar-refractivity contribution in [1.82, 2.24) is 0 Å². The van der Waals surface area contributed by atoms with Gasteiger partial charge >= 0.3 is 5.97 Å². The Morgan fingerprint density at radius 2 is 1.78 bits per heavy atom. The van der Waals surface area contributed by atoms with E-state index in [-0.39, 0.29) is 5.56 Å². The molecule has 92 valence electrons. The molecule has 6 N–H and O–H groups in total. The second-order valence-electron chi connectivity index (χ2n) is 3.82. The van der Waals surface area contributed by atoms with Gasteiger partial charge in [-0.3, -0.25) is 0 Å². The molecule has 0 radical (unpaired) electrons. The molecule has 0 spiro atoms. The molecular weight excluding hydrogens is 230 g/mol. The van der Waals surface area contributed by atoms with Crippen molar-refractivity contribution < 1.29 is 9.90 Å². The van der Waals surface area contributed by atoms with Crippen LogP contribution in [-0.2, 0) is 0 Å². The topological polar surface area (TPSA) is 101 Å². The van der Waals surface area contributed by atoms with E-state index in [4.69, 9.17) is 16.6 Å². The van der Waals surface area contributed by atoms with Crippen LogP contribution in [0, 0.1) is 0 Å². The van der Waals surface area contributed by atoms with Crippen LogP contribution in [0.5, 0.6) is 0 Å². The van der Waals surface area contributed by atoms with Crippen molar-refractivity contribution in [3.63, 3.8) is 0 Å².